The van der Waals surface area contributed by atoms with Gasteiger partial charge in [0.2, 0.25) is 0 Å². The molecule has 4 aromatic rings. The highest BCUT2D eigenvalue weighted by Crippen LogP contribution is 2.41. The van der Waals surface area contributed by atoms with Crippen LogP contribution in [0, 0.1) is 5.82 Å². The molecule has 0 bridgehead atoms. The van der Waals surface area contributed by atoms with E-state index in [0.29, 0.717) is 53.6 Å². The molecule has 1 aliphatic heterocycles. The number of thiazole rings is 1. The zero-order chi connectivity index (χ0) is 33.1. The van der Waals surface area contributed by atoms with E-state index in [9.17, 15) is 14.0 Å². The van der Waals surface area contributed by atoms with Crippen LogP contribution >= 0.6 is 38.9 Å². The van der Waals surface area contributed by atoms with Crippen molar-refractivity contribution in [2.75, 3.05) is 27.9 Å². The van der Waals surface area contributed by atoms with E-state index in [-0.39, 0.29) is 35.2 Å². The molecule has 0 spiro atoms. The summed E-state index contributed by atoms with van der Waals surface area (Å²) in [6.45, 7) is 3.71. The van der Waals surface area contributed by atoms with Crippen LogP contribution < -0.4 is 33.8 Å². The fourth-order valence-electron chi connectivity index (χ4n) is 5.02. The number of ether oxygens (including phenoxy) is 5. The molecule has 1 atom stereocenters. The number of methoxy groups -OCH3 is 3. The van der Waals surface area contributed by atoms with Crippen LogP contribution in [-0.4, -0.2) is 38.5 Å². The minimum absolute atomic E-state index is 0.141. The van der Waals surface area contributed by atoms with Crippen LogP contribution in [0.1, 0.15) is 36.6 Å². The van der Waals surface area contributed by atoms with Crippen LogP contribution in [0.4, 0.5) is 4.39 Å². The van der Waals surface area contributed by atoms with E-state index < -0.39 is 12.0 Å². The molecular formula is C33H29BrClFN2O7S. The number of carbonyl (C=O) groups is 1. The molecule has 2 heterocycles. The van der Waals surface area contributed by atoms with Gasteiger partial charge in [0.25, 0.3) is 5.56 Å². The number of allylic oxidation sites excluding steroid dienone is 1. The third kappa shape index (κ3) is 6.55. The van der Waals surface area contributed by atoms with E-state index in [1.54, 1.807) is 56.3 Å². The second-order valence-corrected chi connectivity index (χ2v) is 12.3. The Bertz CT molecular complexity index is 2030. The Morgan fingerprint density at radius 1 is 1.07 bits per heavy atom. The zero-order valence-corrected chi connectivity index (χ0v) is 28.6. The molecule has 46 heavy (non-hydrogen) atoms. The number of hydrogen-bond donors (Lipinski definition) is 0. The minimum atomic E-state index is -0.882. The normalized spacial score (nSPS) is 14.4. The van der Waals surface area contributed by atoms with Crippen LogP contribution in [0.25, 0.3) is 6.08 Å². The Hall–Kier alpha value is -4.13. The average molecular weight is 732 g/mol. The summed E-state index contributed by atoms with van der Waals surface area (Å²) in [5.41, 5.74) is 2.17. The molecule has 0 saturated carbocycles. The van der Waals surface area contributed by atoms with Gasteiger partial charge in [-0.25, -0.2) is 14.2 Å². The molecule has 9 nitrogen and oxygen atoms in total. The van der Waals surface area contributed by atoms with Gasteiger partial charge in [-0.1, -0.05) is 51.0 Å². The monoisotopic (exact) mass is 730 g/mol. The number of esters is 1. The van der Waals surface area contributed by atoms with Gasteiger partial charge in [0.15, 0.2) is 27.8 Å². The lowest BCUT2D eigenvalue weighted by atomic mass is 9.95. The topological polar surface area (TPSA) is 97.6 Å². The van der Waals surface area contributed by atoms with Crippen LogP contribution in [-0.2, 0) is 16.1 Å². The highest BCUT2D eigenvalue weighted by Gasteiger charge is 2.35. The zero-order valence-electron chi connectivity index (χ0n) is 25.5. The predicted octanol–water partition coefficient (Wildman–Crippen LogP) is 5.96. The number of hydrogen-bond acceptors (Lipinski definition) is 9. The van der Waals surface area contributed by atoms with Gasteiger partial charge in [0.05, 0.1) is 54.8 Å². The van der Waals surface area contributed by atoms with Gasteiger partial charge in [-0.15, -0.1) is 0 Å². The Morgan fingerprint density at radius 2 is 1.74 bits per heavy atom. The molecule has 3 aromatic carbocycles. The predicted molar refractivity (Wildman–Crippen MR) is 176 cm³/mol. The number of carbonyl (C=O) groups excluding carboxylic acids is 1. The molecule has 0 amide bonds. The van der Waals surface area contributed by atoms with Gasteiger partial charge >= 0.3 is 5.97 Å². The second-order valence-electron chi connectivity index (χ2n) is 9.98. The number of aromatic nitrogens is 1. The highest BCUT2D eigenvalue weighted by atomic mass is 79.9. The van der Waals surface area contributed by atoms with E-state index in [1.165, 1.54) is 49.4 Å². The summed E-state index contributed by atoms with van der Waals surface area (Å²) < 4.78 is 43.6. The van der Waals surface area contributed by atoms with E-state index in [0.717, 1.165) is 5.56 Å². The summed E-state index contributed by atoms with van der Waals surface area (Å²) in [7, 11) is 4.51. The quantitative estimate of drug-likeness (QED) is 0.186. The molecule has 0 unspecified atom stereocenters. The van der Waals surface area contributed by atoms with Gasteiger partial charge in [0, 0.05) is 4.47 Å². The number of benzene rings is 3. The fourth-order valence-corrected chi connectivity index (χ4v) is 6.88. The SMILES string of the molecule is CCOC(=O)C1=C(C)N=c2s/c(=C\c3cc(Cl)c(OCc4ccc(F)cc4)c(OC)c3)c(=O)n2[C@@H]1c1cc(OC)c(OC)cc1Br. The van der Waals surface area contributed by atoms with Gasteiger partial charge in [-0.05, 0) is 73.0 Å². The number of halogens is 3. The molecule has 0 aliphatic carbocycles. The van der Waals surface area contributed by atoms with E-state index in [1.807, 2.05) is 0 Å². The molecule has 240 valence electrons. The molecule has 1 aliphatic rings. The van der Waals surface area contributed by atoms with E-state index in [4.69, 9.17) is 35.3 Å². The van der Waals surface area contributed by atoms with Crippen molar-refractivity contribution >= 4 is 50.9 Å². The van der Waals surface area contributed by atoms with Crippen LogP contribution in [0.3, 0.4) is 0 Å². The first kappa shape index (κ1) is 33.2. The first-order valence-corrected chi connectivity index (χ1v) is 15.9. The van der Waals surface area contributed by atoms with Crippen LogP contribution in [0.5, 0.6) is 23.0 Å². The molecule has 13 heteroatoms. The van der Waals surface area contributed by atoms with Crippen molar-refractivity contribution < 1.29 is 32.9 Å². The standard InChI is InChI=1S/C33H29BrClFN2O7S/c1-6-44-32(40)28-17(2)37-33-38(29(28)21-14-24(41-3)25(42-4)15-22(21)34)31(39)27(46-33)13-19-11-23(35)30(26(12-19)43-5)45-16-18-7-9-20(36)10-8-18/h7-15,29H,6,16H2,1-5H3/b27-13-/t29-/m1/s1. The fraction of sp³-hybridized carbons (Fsp3) is 0.242. The summed E-state index contributed by atoms with van der Waals surface area (Å²) in [6.07, 6.45) is 1.67. The molecule has 0 fully saturated rings. The molecular weight excluding hydrogens is 703 g/mol. The summed E-state index contributed by atoms with van der Waals surface area (Å²) in [6, 6.07) is 11.8. The highest BCUT2D eigenvalue weighted by molar-refractivity contribution is 9.10. The lowest BCUT2D eigenvalue weighted by Crippen LogP contribution is -2.40. The Labute approximate surface area is 281 Å². The van der Waals surface area contributed by atoms with Crippen molar-refractivity contribution in [2.45, 2.75) is 26.5 Å². The summed E-state index contributed by atoms with van der Waals surface area (Å²) in [4.78, 5) is 32.5. The third-order valence-corrected chi connectivity index (χ3v) is 9.11. The number of fused-ring (bicyclic) bond motifs is 1. The molecule has 0 saturated heterocycles. The largest absolute Gasteiger partial charge is 0.493 e. The smallest absolute Gasteiger partial charge is 0.338 e. The summed E-state index contributed by atoms with van der Waals surface area (Å²) >= 11 is 11.4. The van der Waals surface area contributed by atoms with Gasteiger partial charge < -0.3 is 23.7 Å². The first-order chi connectivity index (χ1) is 22.1. The van der Waals surface area contributed by atoms with Crippen molar-refractivity contribution in [1.82, 2.24) is 4.57 Å². The van der Waals surface area contributed by atoms with E-state index >= 15 is 0 Å². The van der Waals surface area contributed by atoms with Gasteiger partial charge in [0.1, 0.15) is 12.4 Å². The maximum atomic E-state index is 14.1. The van der Waals surface area contributed by atoms with Crippen molar-refractivity contribution in [2.24, 2.45) is 4.99 Å². The minimum Gasteiger partial charge on any atom is -0.493 e. The Morgan fingerprint density at radius 3 is 2.39 bits per heavy atom. The van der Waals surface area contributed by atoms with Gasteiger partial charge in [-0.3, -0.25) is 9.36 Å². The molecule has 0 radical (unpaired) electrons. The lowest BCUT2D eigenvalue weighted by molar-refractivity contribution is -0.139. The van der Waals surface area contributed by atoms with Crippen LogP contribution in [0.2, 0.25) is 5.02 Å². The van der Waals surface area contributed by atoms with Crippen molar-refractivity contribution in [3.05, 3.63) is 111 Å². The van der Waals surface area contributed by atoms with Crippen LogP contribution in [0.15, 0.2) is 74.1 Å². The number of rotatable bonds is 10. The molecule has 1 aromatic heterocycles. The van der Waals surface area contributed by atoms with E-state index in [2.05, 4.69) is 20.9 Å². The summed E-state index contributed by atoms with van der Waals surface area (Å²) in [5.74, 6) is 0.617. The third-order valence-electron chi connectivity index (χ3n) is 7.16. The second kappa shape index (κ2) is 14.1. The molecule has 0 N–H and O–H groups in total. The van der Waals surface area contributed by atoms with Crippen molar-refractivity contribution in [3.8, 4) is 23.0 Å². The average Bonchev–Trinajstić information content (AvgIpc) is 3.33. The Kier molecular flexibility index (Phi) is 10.2. The van der Waals surface area contributed by atoms with Gasteiger partial charge in [-0.2, -0.15) is 0 Å². The maximum Gasteiger partial charge on any atom is 0.338 e. The van der Waals surface area contributed by atoms with Crippen molar-refractivity contribution in [1.29, 1.82) is 0 Å². The number of nitrogens with zero attached hydrogens (tertiary/aromatic N) is 2. The maximum absolute atomic E-state index is 14.1. The molecule has 5 rings (SSSR count). The van der Waals surface area contributed by atoms with Crippen molar-refractivity contribution in [3.63, 3.8) is 0 Å². The lowest BCUT2D eigenvalue weighted by Gasteiger charge is -2.26. The summed E-state index contributed by atoms with van der Waals surface area (Å²) in [5, 5.41) is 0.257. The Balaban J connectivity index is 1.62. The first-order valence-electron chi connectivity index (χ1n) is 14.0.